The zero-order valence-corrected chi connectivity index (χ0v) is 9.02. The predicted octanol–water partition coefficient (Wildman–Crippen LogP) is 3.20. The zero-order valence-electron chi connectivity index (χ0n) is 8.21. The number of nitrogens with two attached hydrogens (primary N) is 1. The van der Waals surface area contributed by atoms with Crippen LogP contribution in [0.5, 0.6) is 0 Å². The first-order valence-electron chi connectivity index (χ1n) is 4.44. The minimum absolute atomic E-state index is 0.217. The van der Waals surface area contributed by atoms with Gasteiger partial charge >= 0.3 is 12.1 Å². The number of hydrogen-bond acceptors (Lipinski definition) is 3. The molecule has 0 bridgehead atoms. The van der Waals surface area contributed by atoms with Gasteiger partial charge in [-0.15, -0.1) is 11.3 Å². The number of benzene rings is 1. The van der Waals surface area contributed by atoms with Crippen LogP contribution >= 0.6 is 11.3 Å². The van der Waals surface area contributed by atoms with Crippen LogP contribution in [0.1, 0.15) is 15.2 Å². The first-order valence-corrected chi connectivity index (χ1v) is 5.25. The van der Waals surface area contributed by atoms with E-state index < -0.39 is 17.7 Å². The lowest BCUT2D eigenvalue weighted by atomic mass is 10.1. The Kier molecular flexibility index (Phi) is 2.50. The van der Waals surface area contributed by atoms with Crippen LogP contribution in [0.25, 0.3) is 10.1 Å². The maximum atomic E-state index is 12.7. The number of carbonyl (C=O) groups is 1. The van der Waals surface area contributed by atoms with Gasteiger partial charge in [0.15, 0.2) is 0 Å². The molecule has 0 radical (unpaired) electrons. The largest absolute Gasteiger partial charge is 0.477 e. The van der Waals surface area contributed by atoms with Gasteiger partial charge in [0.25, 0.3) is 0 Å². The Morgan fingerprint density at radius 3 is 2.53 bits per heavy atom. The molecule has 0 amide bonds. The van der Waals surface area contributed by atoms with Crippen molar-refractivity contribution in [1.29, 1.82) is 0 Å². The third kappa shape index (κ3) is 1.82. The second-order valence-corrected chi connectivity index (χ2v) is 4.38. The summed E-state index contributed by atoms with van der Waals surface area (Å²) < 4.78 is 38.3. The Balaban J connectivity index is 2.85. The van der Waals surface area contributed by atoms with E-state index in [4.69, 9.17) is 10.8 Å². The Bertz CT molecular complexity index is 603. The van der Waals surface area contributed by atoms with Crippen molar-refractivity contribution in [3.8, 4) is 0 Å². The van der Waals surface area contributed by atoms with Crippen molar-refractivity contribution in [2.45, 2.75) is 6.18 Å². The van der Waals surface area contributed by atoms with Crippen LogP contribution in [-0.2, 0) is 6.18 Å². The average Bonchev–Trinajstić information content (AvgIpc) is 2.55. The number of carboxylic acids is 1. The average molecular weight is 261 g/mol. The molecule has 0 saturated carbocycles. The third-order valence-electron chi connectivity index (χ3n) is 2.25. The van der Waals surface area contributed by atoms with E-state index >= 15 is 0 Å². The van der Waals surface area contributed by atoms with Gasteiger partial charge in [0, 0.05) is 10.1 Å². The molecule has 0 spiro atoms. The van der Waals surface area contributed by atoms with Crippen molar-refractivity contribution in [2.24, 2.45) is 0 Å². The van der Waals surface area contributed by atoms with Gasteiger partial charge in [-0.3, -0.25) is 0 Å². The molecule has 90 valence electrons. The number of fused-ring (bicyclic) bond motifs is 1. The summed E-state index contributed by atoms with van der Waals surface area (Å²) >= 11 is 0.738. The summed E-state index contributed by atoms with van der Waals surface area (Å²) in [6.45, 7) is 0. The highest BCUT2D eigenvalue weighted by molar-refractivity contribution is 7.21. The van der Waals surface area contributed by atoms with Crippen LogP contribution in [0.4, 0.5) is 18.9 Å². The van der Waals surface area contributed by atoms with E-state index in [2.05, 4.69) is 0 Å². The smallest absolute Gasteiger partial charge is 0.417 e. The monoisotopic (exact) mass is 261 g/mol. The van der Waals surface area contributed by atoms with Crippen molar-refractivity contribution >= 4 is 33.1 Å². The molecule has 0 atom stereocenters. The molecular weight excluding hydrogens is 255 g/mol. The van der Waals surface area contributed by atoms with E-state index in [0.717, 1.165) is 17.4 Å². The number of nitrogen functional groups attached to an aromatic ring is 1. The Labute approximate surface area is 97.3 Å². The van der Waals surface area contributed by atoms with Gasteiger partial charge in [0.05, 0.1) is 11.3 Å². The van der Waals surface area contributed by atoms with Crippen LogP contribution in [0.3, 0.4) is 0 Å². The summed E-state index contributed by atoms with van der Waals surface area (Å²) in [6, 6.07) is 3.53. The van der Waals surface area contributed by atoms with Crippen LogP contribution in [0.2, 0.25) is 0 Å². The molecular formula is C10H6F3NO2S. The first-order chi connectivity index (χ1) is 7.82. The van der Waals surface area contributed by atoms with Gasteiger partial charge in [0.2, 0.25) is 0 Å². The van der Waals surface area contributed by atoms with Crippen molar-refractivity contribution in [2.75, 3.05) is 5.73 Å². The molecule has 0 aliphatic carbocycles. The molecule has 1 aromatic carbocycles. The molecule has 1 aromatic heterocycles. The molecule has 0 saturated heterocycles. The summed E-state index contributed by atoms with van der Waals surface area (Å²) in [5.41, 5.74) is 4.23. The number of rotatable bonds is 1. The molecule has 2 rings (SSSR count). The highest BCUT2D eigenvalue weighted by Gasteiger charge is 2.34. The summed E-state index contributed by atoms with van der Waals surface area (Å²) in [5.74, 6) is -1.32. The van der Waals surface area contributed by atoms with Gasteiger partial charge in [-0.1, -0.05) is 6.07 Å². The fraction of sp³-hybridized carbons (Fsp3) is 0.100. The van der Waals surface area contributed by atoms with Gasteiger partial charge in [-0.2, -0.15) is 13.2 Å². The Morgan fingerprint density at radius 2 is 2.00 bits per heavy atom. The molecule has 0 unspecified atom stereocenters. The number of halogens is 3. The van der Waals surface area contributed by atoms with E-state index in [1.54, 1.807) is 0 Å². The minimum atomic E-state index is -4.55. The Morgan fingerprint density at radius 1 is 1.35 bits per heavy atom. The lowest BCUT2D eigenvalue weighted by Crippen LogP contribution is -2.06. The molecule has 0 aliphatic rings. The molecule has 7 heteroatoms. The molecule has 0 aliphatic heterocycles. The van der Waals surface area contributed by atoms with Crippen molar-refractivity contribution in [1.82, 2.24) is 0 Å². The maximum Gasteiger partial charge on any atom is 0.417 e. The fourth-order valence-electron chi connectivity index (χ4n) is 1.57. The topological polar surface area (TPSA) is 63.3 Å². The van der Waals surface area contributed by atoms with Gasteiger partial charge in [0.1, 0.15) is 4.88 Å². The second kappa shape index (κ2) is 3.63. The molecule has 0 fully saturated rings. The van der Waals surface area contributed by atoms with Crippen molar-refractivity contribution < 1.29 is 23.1 Å². The van der Waals surface area contributed by atoms with E-state index in [0.29, 0.717) is 0 Å². The van der Waals surface area contributed by atoms with E-state index in [1.165, 1.54) is 12.1 Å². The Hall–Kier alpha value is -1.76. The van der Waals surface area contributed by atoms with E-state index in [-0.39, 0.29) is 20.7 Å². The first kappa shape index (κ1) is 11.7. The quantitative estimate of drug-likeness (QED) is 0.828. The lowest BCUT2D eigenvalue weighted by molar-refractivity contribution is -0.136. The fourth-order valence-corrected chi connectivity index (χ4v) is 2.56. The molecule has 3 nitrogen and oxygen atoms in total. The van der Waals surface area contributed by atoms with Crippen LogP contribution < -0.4 is 5.73 Å². The SMILES string of the molecule is Nc1c(C(=O)O)sc2cccc(C(F)(F)F)c12. The highest BCUT2D eigenvalue weighted by Crippen LogP contribution is 2.42. The number of carboxylic acid groups (broad SMARTS) is 1. The van der Waals surface area contributed by atoms with E-state index in [9.17, 15) is 18.0 Å². The van der Waals surface area contributed by atoms with Gasteiger partial charge < -0.3 is 10.8 Å². The number of alkyl halides is 3. The van der Waals surface area contributed by atoms with Gasteiger partial charge in [-0.05, 0) is 12.1 Å². The van der Waals surface area contributed by atoms with Crippen molar-refractivity contribution in [3.05, 3.63) is 28.6 Å². The molecule has 17 heavy (non-hydrogen) atoms. The zero-order chi connectivity index (χ0) is 12.8. The number of hydrogen-bond donors (Lipinski definition) is 2. The standard InChI is InChI=1S/C10H6F3NO2S/c11-10(12,13)4-2-1-3-5-6(4)7(14)8(17-5)9(15)16/h1-3H,14H2,(H,15,16). The molecule has 3 N–H and O–H groups in total. The number of anilines is 1. The van der Waals surface area contributed by atoms with E-state index in [1.807, 2.05) is 0 Å². The normalized spacial score (nSPS) is 11.9. The summed E-state index contributed by atoms with van der Waals surface area (Å²) in [6.07, 6.45) is -4.55. The van der Waals surface area contributed by atoms with Crippen LogP contribution in [0.15, 0.2) is 18.2 Å². The van der Waals surface area contributed by atoms with Crippen molar-refractivity contribution in [3.63, 3.8) is 0 Å². The summed E-state index contributed by atoms with van der Waals surface area (Å²) in [5, 5.41) is 8.58. The molecule has 2 aromatic rings. The van der Waals surface area contributed by atoms with Gasteiger partial charge in [-0.25, -0.2) is 4.79 Å². The maximum absolute atomic E-state index is 12.7. The predicted molar refractivity (Wildman–Crippen MR) is 58.2 cm³/mol. The minimum Gasteiger partial charge on any atom is -0.477 e. The number of thiophene rings is 1. The number of aromatic carboxylic acids is 1. The second-order valence-electron chi connectivity index (χ2n) is 3.33. The van der Waals surface area contributed by atoms with Crippen LogP contribution in [-0.4, -0.2) is 11.1 Å². The third-order valence-corrected chi connectivity index (χ3v) is 3.41. The summed E-state index contributed by atoms with van der Waals surface area (Å²) in [7, 11) is 0. The van der Waals surface area contributed by atoms with Crippen LogP contribution in [0, 0.1) is 0 Å². The lowest BCUT2D eigenvalue weighted by Gasteiger charge is -2.08. The highest BCUT2D eigenvalue weighted by atomic mass is 32.1. The summed E-state index contributed by atoms with van der Waals surface area (Å²) in [4.78, 5) is 10.5. The molecule has 1 heterocycles.